The van der Waals surface area contributed by atoms with Gasteiger partial charge in [0.1, 0.15) is 23.9 Å². The highest BCUT2D eigenvalue weighted by atomic mass is 19.1. The van der Waals surface area contributed by atoms with Crippen LogP contribution in [0.5, 0.6) is 11.5 Å². The van der Waals surface area contributed by atoms with Gasteiger partial charge in [-0.3, -0.25) is 0 Å². The lowest BCUT2D eigenvalue weighted by Crippen LogP contribution is -2.08. The number of halogens is 1. The summed E-state index contributed by atoms with van der Waals surface area (Å²) in [6.07, 6.45) is 0. The number of phenols is 1. The predicted molar refractivity (Wildman–Crippen MR) is 84.7 cm³/mol. The number of rotatable bonds is 4. The predicted octanol–water partition coefficient (Wildman–Crippen LogP) is 4.65. The van der Waals surface area contributed by atoms with Gasteiger partial charge in [0.15, 0.2) is 0 Å². The van der Waals surface area contributed by atoms with Gasteiger partial charge in [0, 0.05) is 16.9 Å². The van der Waals surface area contributed by atoms with E-state index in [0.29, 0.717) is 12.4 Å². The molecule has 114 valence electrons. The molecule has 0 amide bonds. The van der Waals surface area contributed by atoms with Crippen LogP contribution in [0.1, 0.15) is 25.6 Å². The lowest BCUT2D eigenvalue weighted by atomic mass is 10.2. The maximum absolute atomic E-state index is 12.9. The fraction of sp³-hybridized carbons (Fsp3) is 0.222. The van der Waals surface area contributed by atoms with E-state index in [9.17, 15) is 9.50 Å². The van der Waals surface area contributed by atoms with Crippen molar-refractivity contribution in [1.29, 1.82) is 0 Å². The Labute approximate surface area is 128 Å². The number of benzene rings is 2. The minimum atomic E-state index is -0.279. The van der Waals surface area contributed by atoms with E-state index in [1.54, 1.807) is 24.3 Å². The van der Waals surface area contributed by atoms with Crippen LogP contribution in [0.3, 0.4) is 0 Å². The molecule has 1 heterocycles. The van der Waals surface area contributed by atoms with E-state index in [4.69, 9.17) is 4.74 Å². The second-order valence-corrected chi connectivity index (χ2v) is 5.59. The summed E-state index contributed by atoms with van der Waals surface area (Å²) in [6.45, 7) is 4.60. The molecule has 0 atom stereocenters. The zero-order chi connectivity index (χ0) is 15.7. The van der Waals surface area contributed by atoms with E-state index in [0.717, 1.165) is 16.6 Å². The Balaban J connectivity index is 1.92. The van der Waals surface area contributed by atoms with Crippen LogP contribution in [0.25, 0.3) is 10.9 Å². The van der Waals surface area contributed by atoms with E-state index in [2.05, 4.69) is 18.4 Å². The lowest BCUT2D eigenvalue weighted by molar-refractivity contribution is 0.292. The highest BCUT2D eigenvalue weighted by molar-refractivity contribution is 5.83. The molecule has 0 aliphatic rings. The molecule has 4 heteroatoms. The molecule has 0 bridgehead atoms. The van der Waals surface area contributed by atoms with Gasteiger partial charge in [-0.2, -0.15) is 0 Å². The number of aromatic nitrogens is 1. The Kier molecular flexibility index (Phi) is 3.75. The molecule has 3 rings (SSSR count). The summed E-state index contributed by atoms with van der Waals surface area (Å²) in [6, 6.07) is 13.6. The molecule has 1 N–H and O–H groups in total. The van der Waals surface area contributed by atoms with Gasteiger partial charge >= 0.3 is 0 Å². The summed E-state index contributed by atoms with van der Waals surface area (Å²) in [5.74, 6) is 0.600. The molecule has 0 saturated carbocycles. The molecule has 0 spiro atoms. The van der Waals surface area contributed by atoms with E-state index < -0.39 is 0 Å². The van der Waals surface area contributed by atoms with Crippen LogP contribution in [0.2, 0.25) is 0 Å². The molecule has 0 fully saturated rings. The monoisotopic (exact) mass is 299 g/mol. The van der Waals surface area contributed by atoms with Gasteiger partial charge in [0.25, 0.3) is 0 Å². The molecule has 0 aliphatic carbocycles. The number of hydrogen-bond acceptors (Lipinski definition) is 2. The van der Waals surface area contributed by atoms with Crippen molar-refractivity contribution < 1.29 is 14.2 Å². The Morgan fingerprint density at radius 1 is 1.09 bits per heavy atom. The lowest BCUT2D eigenvalue weighted by Gasteiger charge is -2.15. The van der Waals surface area contributed by atoms with Crippen molar-refractivity contribution >= 4 is 10.9 Å². The minimum Gasteiger partial charge on any atom is -0.508 e. The van der Waals surface area contributed by atoms with Gasteiger partial charge in [-0.1, -0.05) is 0 Å². The van der Waals surface area contributed by atoms with E-state index in [1.165, 1.54) is 12.1 Å². The Bertz CT molecular complexity index is 791. The maximum atomic E-state index is 12.9. The quantitative estimate of drug-likeness (QED) is 0.761. The van der Waals surface area contributed by atoms with Crippen molar-refractivity contribution in [3.63, 3.8) is 0 Å². The number of hydrogen-bond donors (Lipinski definition) is 1. The van der Waals surface area contributed by atoms with Gasteiger partial charge in [0.05, 0.1) is 5.69 Å². The molecule has 0 saturated heterocycles. The van der Waals surface area contributed by atoms with E-state index >= 15 is 0 Å². The number of nitrogens with zero attached hydrogens (tertiary/aromatic N) is 1. The van der Waals surface area contributed by atoms with Crippen LogP contribution in [-0.2, 0) is 6.61 Å². The molecule has 3 aromatic rings. The van der Waals surface area contributed by atoms with Crippen LogP contribution < -0.4 is 4.74 Å². The van der Waals surface area contributed by atoms with Gasteiger partial charge < -0.3 is 14.4 Å². The minimum absolute atomic E-state index is 0.249. The van der Waals surface area contributed by atoms with Crippen LogP contribution in [0.15, 0.2) is 48.5 Å². The highest BCUT2D eigenvalue weighted by Gasteiger charge is 2.12. The standard InChI is InChI=1S/C18H18FNO2/c1-12(2)20-15(9-13-10-16(21)5-8-18(13)20)11-22-17-6-3-14(19)4-7-17/h3-10,12,21H,11H2,1-2H3. The summed E-state index contributed by atoms with van der Waals surface area (Å²) in [5.41, 5.74) is 2.07. The van der Waals surface area contributed by atoms with Crippen LogP contribution in [0.4, 0.5) is 4.39 Å². The molecule has 0 radical (unpaired) electrons. The van der Waals surface area contributed by atoms with Gasteiger partial charge in [-0.25, -0.2) is 4.39 Å². The molecular weight excluding hydrogens is 281 g/mol. The fourth-order valence-electron chi connectivity index (χ4n) is 2.69. The smallest absolute Gasteiger partial charge is 0.128 e. The topological polar surface area (TPSA) is 34.4 Å². The first-order chi connectivity index (χ1) is 10.5. The van der Waals surface area contributed by atoms with Crippen LogP contribution in [-0.4, -0.2) is 9.67 Å². The number of ether oxygens (including phenoxy) is 1. The summed E-state index contributed by atoms with van der Waals surface area (Å²) < 4.78 is 20.8. The first-order valence-corrected chi connectivity index (χ1v) is 7.26. The van der Waals surface area contributed by atoms with Gasteiger partial charge in [0.2, 0.25) is 0 Å². The summed E-state index contributed by atoms with van der Waals surface area (Å²) >= 11 is 0. The second-order valence-electron chi connectivity index (χ2n) is 5.59. The van der Waals surface area contributed by atoms with E-state index in [-0.39, 0.29) is 17.6 Å². The zero-order valence-electron chi connectivity index (χ0n) is 12.6. The Morgan fingerprint density at radius 3 is 2.50 bits per heavy atom. The highest BCUT2D eigenvalue weighted by Crippen LogP contribution is 2.28. The largest absolute Gasteiger partial charge is 0.508 e. The van der Waals surface area contributed by atoms with Crippen molar-refractivity contribution in [2.75, 3.05) is 0 Å². The Hall–Kier alpha value is -2.49. The van der Waals surface area contributed by atoms with Gasteiger partial charge in [-0.15, -0.1) is 0 Å². The molecule has 0 unspecified atom stereocenters. The van der Waals surface area contributed by atoms with Crippen molar-refractivity contribution in [2.45, 2.75) is 26.5 Å². The number of phenolic OH excluding ortho intramolecular Hbond substituents is 1. The zero-order valence-corrected chi connectivity index (χ0v) is 12.6. The molecular formula is C18H18FNO2. The van der Waals surface area contributed by atoms with E-state index in [1.807, 2.05) is 12.1 Å². The van der Waals surface area contributed by atoms with Gasteiger partial charge in [-0.05, 0) is 62.4 Å². The average molecular weight is 299 g/mol. The second kappa shape index (κ2) is 5.72. The normalized spacial score (nSPS) is 11.3. The molecule has 2 aromatic carbocycles. The third kappa shape index (κ3) is 2.77. The molecule has 1 aromatic heterocycles. The molecule has 3 nitrogen and oxygen atoms in total. The van der Waals surface area contributed by atoms with Crippen molar-refractivity contribution in [1.82, 2.24) is 4.57 Å². The first-order valence-electron chi connectivity index (χ1n) is 7.26. The molecule has 0 aliphatic heterocycles. The van der Waals surface area contributed by atoms with Crippen molar-refractivity contribution in [2.24, 2.45) is 0 Å². The summed E-state index contributed by atoms with van der Waals surface area (Å²) in [4.78, 5) is 0. The van der Waals surface area contributed by atoms with Crippen molar-refractivity contribution in [3.05, 3.63) is 60.0 Å². The third-order valence-corrected chi connectivity index (χ3v) is 3.62. The first kappa shape index (κ1) is 14.4. The van der Waals surface area contributed by atoms with Crippen molar-refractivity contribution in [3.8, 4) is 11.5 Å². The average Bonchev–Trinajstić information content (AvgIpc) is 2.84. The summed E-state index contributed by atoms with van der Waals surface area (Å²) in [5, 5.41) is 10.6. The fourth-order valence-corrected chi connectivity index (χ4v) is 2.69. The summed E-state index contributed by atoms with van der Waals surface area (Å²) in [7, 11) is 0. The third-order valence-electron chi connectivity index (χ3n) is 3.62. The van der Waals surface area contributed by atoms with Crippen LogP contribution in [0, 0.1) is 5.82 Å². The number of aromatic hydroxyl groups is 1. The SMILES string of the molecule is CC(C)n1c(COc2ccc(F)cc2)cc2cc(O)ccc21. The number of fused-ring (bicyclic) bond motifs is 1. The van der Waals surface area contributed by atoms with Crippen LogP contribution >= 0.6 is 0 Å². The Morgan fingerprint density at radius 2 is 1.82 bits per heavy atom. The molecule has 22 heavy (non-hydrogen) atoms. The maximum Gasteiger partial charge on any atom is 0.128 e.